The second kappa shape index (κ2) is 7.31. The van der Waals surface area contributed by atoms with Gasteiger partial charge in [0, 0.05) is 30.3 Å². The summed E-state index contributed by atoms with van der Waals surface area (Å²) in [6.07, 6.45) is 3.10. The van der Waals surface area contributed by atoms with Gasteiger partial charge < -0.3 is 11.1 Å². The van der Waals surface area contributed by atoms with E-state index in [1.54, 1.807) is 0 Å². The Kier molecular flexibility index (Phi) is 5.13. The van der Waals surface area contributed by atoms with E-state index in [0.717, 1.165) is 17.3 Å². The minimum Gasteiger partial charge on any atom is -0.381 e. The molecule has 2 aromatic rings. The molecule has 1 aliphatic carbocycles. The Morgan fingerprint density at radius 1 is 1.08 bits per heavy atom. The number of anilines is 1. The Bertz CT molecular complexity index is 802. The molecular weight excluding hydrogens is 325 g/mol. The molecule has 0 heterocycles. The maximum Gasteiger partial charge on any atom is 0.161 e. The molecule has 0 aromatic heterocycles. The first-order valence-electron chi connectivity index (χ1n) is 8.32. The molecule has 5 heteroatoms. The van der Waals surface area contributed by atoms with Crippen molar-refractivity contribution < 1.29 is 13.2 Å². The molecule has 0 amide bonds. The van der Waals surface area contributed by atoms with Crippen molar-refractivity contribution in [2.75, 3.05) is 11.9 Å². The van der Waals surface area contributed by atoms with Crippen LogP contribution < -0.4 is 11.1 Å². The van der Waals surface area contributed by atoms with E-state index in [4.69, 9.17) is 5.73 Å². The van der Waals surface area contributed by atoms with Crippen LogP contribution >= 0.6 is 0 Å². The Morgan fingerprint density at radius 2 is 1.84 bits per heavy atom. The topological polar surface area (TPSA) is 38.0 Å². The maximum absolute atomic E-state index is 14.0. The van der Waals surface area contributed by atoms with Gasteiger partial charge in [-0.3, -0.25) is 0 Å². The zero-order valence-corrected chi connectivity index (χ0v) is 14.0. The Labute approximate surface area is 145 Å². The summed E-state index contributed by atoms with van der Waals surface area (Å²) < 4.78 is 40.6. The molecular formula is C20H21F3N2. The van der Waals surface area contributed by atoms with Gasteiger partial charge in [-0.15, -0.1) is 0 Å². The summed E-state index contributed by atoms with van der Waals surface area (Å²) in [5.74, 6) is -3.31. The third kappa shape index (κ3) is 4.04. The first kappa shape index (κ1) is 17.5. The van der Waals surface area contributed by atoms with Crippen molar-refractivity contribution in [3.05, 3.63) is 76.6 Å². The van der Waals surface area contributed by atoms with Gasteiger partial charge in [0.1, 0.15) is 5.82 Å². The molecule has 0 bridgehead atoms. The fourth-order valence-corrected chi connectivity index (χ4v) is 3.29. The number of hydrogen-bond acceptors (Lipinski definition) is 2. The monoisotopic (exact) mass is 346 g/mol. The van der Waals surface area contributed by atoms with Crippen molar-refractivity contribution in [2.24, 2.45) is 5.73 Å². The average molecular weight is 346 g/mol. The maximum atomic E-state index is 14.0. The standard InChI is InChI=1S/C20H21F3N2/c1-12-3-2-4-14(7-12)25-11-13-5-6-15(20(24)8-13)16-9-18(22)19(23)10-17(16)21/h2-5,7,9-10,15,20,25H,6,8,11,24H2,1H3. The molecule has 2 unspecified atom stereocenters. The van der Waals surface area contributed by atoms with Gasteiger partial charge in [0.05, 0.1) is 0 Å². The molecule has 2 nitrogen and oxygen atoms in total. The van der Waals surface area contributed by atoms with E-state index in [-0.39, 0.29) is 17.5 Å². The Hall–Kier alpha value is -2.27. The number of benzene rings is 2. The van der Waals surface area contributed by atoms with Crippen LogP contribution in [0.2, 0.25) is 0 Å². The smallest absolute Gasteiger partial charge is 0.161 e. The molecule has 2 atom stereocenters. The third-order valence-electron chi connectivity index (χ3n) is 4.65. The van der Waals surface area contributed by atoms with Crippen LogP contribution in [0.25, 0.3) is 0 Å². The summed E-state index contributed by atoms with van der Waals surface area (Å²) in [5, 5.41) is 3.35. The largest absolute Gasteiger partial charge is 0.381 e. The quantitative estimate of drug-likeness (QED) is 0.624. The van der Waals surface area contributed by atoms with Crippen molar-refractivity contribution in [2.45, 2.75) is 31.7 Å². The van der Waals surface area contributed by atoms with Gasteiger partial charge in [-0.2, -0.15) is 0 Å². The molecule has 0 saturated carbocycles. The number of aryl methyl sites for hydroxylation is 1. The highest BCUT2D eigenvalue weighted by Crippen LogP contribution is 2.33. The van der Waals surface area contributed by atoms with Gasteiger partial charge in [-0.1, -0.05) is 23.8 Å². The van der Waals surface area contributed by atoms with Crippen LogP contribution in [0.5, 0.6) is 0 Å². The molecule has 2 aromatic carbocycles. The zero-order valence-electron chi connectivity index (χ0n) is 14.0. The minimum absolute atomic E-state index is 0.147. The van der Waals surface area contributed by atoms with Crippen molar-refractivity contribution in [1.29, 1.82) is 0 Å². The first-order chi connectivity index (χ1) is 11.9. The molecule has 0 aliphatic heterocycles. The van der Waals surface area contributed by atoms with Crippen LogP contribution in [0.3, 0.4) is 0 Å². The van der Waals surface area contributed by atoms with E-state index < -0.39 is 17.5 Å². The molecule has 25 heavy (non-hydrogen) atoms. The van der Waals surface area contributed by atoms with Crippen molar-refractivity contribution >= 4 is 5.69 Å². The molecule has 0 radical (unpaired) electrons. The number of rotatable bonds is 4. The zero-order chi connectivity index (χ0) is 18.0. The number of nitrogens with two attached hydrogens (primary N) is 1. The molecule has 132 valence electrons. The first-order valence-corrected chi connectivity index (χ1v) is 8.32. The molecule has 1 aliphatic rings. The molecule has 3 rings (SSSR count). The second-order valence-electron chi connectivity index (χ2n) is 6.58. The number of nitrogens with one attached hydrogen (secondary N) is 1. The lowest BCUT2D eigenvalue weighted by molar-refractivity contribution is 0.455. The van der Waals surface area contributed by atoms with E-state index >= 15 is 0 Å². The van der Waals surface area contributed by atoms with Crippen LogP contribution in [0, 0.1) is 24.4 Å². The predicted octanol–water partition coefficient (Wildman–Crippen LogP) is 4.66. The highest BCUT2D eigenvalue weighted by molar-refractivity contribution is 5.46. The van der Waals surface area contributed by atoms with E-state index in [9.17, 15) is 13.2 Å². The summed E-state index contributed by atoms with van der Waals surface area (Å²) in [4.78, 5) is 0. The summed E-state index contributed by atoms with van der Waals surface area (Å²) >= 11 is 0. The number of halogens is 3. The number of allylic oxidation sites excluding steroid dienone is 1. The lowest BCUT2D eigenvalue weighted by Gasteiger charge is -2.29. The van der Waals surface area contributed by atoms with Gasteiger partial charge in [0.15, 0.2) is 11.6 Å². The summed E-state index contributed by atoms with van der Waals surface area (Å²) in [6.45, 7) is 2.69. The summed E-state index contributed by atoms with van der Waals surface area (Å²) in [5.41, 5.74) is 9.68. The van der Waals surface area contributed by atoms with E-state index in [1.165, 1.54) is 5.56 Å². The lowest BCUT2D eigenvalue weighted by Crippen LogP contribution is -2.33. The SMILES string of the molecule is Cc1cccc(NCC2=CCC(c3cc(F)c(F)cc3F)C(N)C2)c1. The average Bonchev–Trinajstić information content (AvgIpc) is 2.57. The van der Waals surface area contributed by atoms with E-state index in [1.807, 2.05) is 31.2 Å². The third-order valence-corrected chi connectivity index (χ3v) is 4.65. The van der Waals surface area contributed by atoms with Gasteiger partial charge in [0.2, 0.25) is 0 Å². The van der Waals surface area contributed by atoms with Crippen LogP contribution in [0.4, 0.5) is 18.9 Å². The van der Waals surface area contributed by atoms with E-state index in [0.29, 0.717) is 25.5 Å². The summed E-state index contributed by atoms with van der Waals surface area (Å²) in [7, 11) is 0. The fourth-order valence-electron chi connectivity index (χ4n) is 3.29. The molecule has 0 spiro atoms. The van der Waals surface area contributed by atoms with Crippen LogP contribution in [-0.4, -0.2) is 12.6 Å². The van der Waals surface area contributed by atoms with Gasteiger partial charge in [0.25, 0.3) is 0 Å². The summed E-state index contributed by atoms with van der Waals surface area (Å²) in [6, 6.07) is 9.26. The van der Waals surface area contributed by atoms with Crippen LogP contribution in [0.1, 0.15) is 29.9 Å². The number of hydrogen-bond donors (Lipinski definition) is 2. The highest BCUT2D eigenvalue weighted by atomic mass is 19.2. The van der Waals surface area contributed by atoms with Gasteiger partial charge in [-0.05, 0) is 49.1 Å². The van der Waals surface area contributed by atoms with Gasteiger partial charge in [-0.25, -0.2) is 13.2 Å². The van der Waals surface area contributed by atoms with Crippen LogP contribution in [-0.2, 0) is 0 Å². The second-order valence-corrected chi connectivity index (χ2v) is 6.58. The molecule has 0 saturated heterocycles. The van der Waals surface area contributed by atoms with Crippen LogP contribution in [0.15, 0.2) is 48.0 Å². The highest BCUT2D eigenvalue weighted by Gasteiger charge is 2.27. The van der Waals surface area contributed by atoms with E-state index in [2.05, 4.69) is 11.4 Å². The predicted molar refractivity (Wildman–Crippen MR) is 94.0 cm³/mol. The lowest BCUT2D eigenvalue weighted by atomic mass is 9.80. The van der Waals surface area contributed by atoms with Crippen molar-refractivity contribution in [3.8, 4) is 0 Å². The fraction of sp³-hybridized carbons (Fsp3) is 0.300. The molecule has 0 fully saturated rings. The molecule has 3 N–H and O–H groups in total. The Morgan fingerprint density at radius 3 is 2.56 bits per heavy atom. The Balaban J connectivity index is 1.69. The van der Waals surface area contributed by atoms with Crippen molar-refractivity contribution in [3.63, 3.8) is 0 Å². The normalized spacial score (nSPS) is 20.3. The van der Waals surface area contributed by atoms with Gasteiger partial charge >= 0.3 is 0 Å². The minimum atomic E-state index is -1.18. The van der Waals surface area contributed by atoms with Crippen molar-refractivity contribution in [1.82, 2.24) is 0 Å².